The Morgan fingerprint density at radius 1 is 1.10 bits per heavy atom. The number of carbonyl (C=O) groups excluding carboxylic acids is 2. The first-order valence-corrected chi connectivity index (χ1v) is 11.7. The summed E-state index contributed by atoms with van der Waals surface area (Å²) in [7, 11) is -3.67. The number of piperidine rings is 1. The fraction of sp³-hybridized carbons (Fsp3) is 0.364. The summed E-state index contributed by atoms with van der Waals surface area (Å²) < 4.78 is 45.3. The first kappa shape index (κ1) is 22.9. The zero-order chi connectivity index (χ0) is 22.4. The van der Waals surface area contributed by atoms with Crippen molar-refractivity contribution in [2.75, 3.05) is 25.0 Å². The van der Waals surface area contributed by atoms with Gasteiger partial charge < -0.3 is 10.1 Å². The van der Waals surface area contributed by atoms with E-state index < -0.39 is 27.6 Å². The summed E-state index contributed by atoms with van der Waals surface area (Å²) in [5.41, 5.74) is 1.08. The maximum Gasteiger partial charge on any atom is 0.338 e. The smallest absolute Gasteiger partial charge is 0.338 e. The van der Waals surface area contributed by atoms with Crippen LogP contribution in [0.5, 0.6) is 0 Å². The minimum Gasteiger partial charge on any atom is -0.462 e. The molecule has 1 amide bonds. The summed E-state index contributed by atoms with van der Waals surface area (Å²) in [6.45, 7) is 2.42. The fourth-order valence-electron chi connectivity index (χ4n) is 3.45. The van der Waals surface area contributed by atoms with Crippen molar-refractivity contribution >= 4 is 27.6 Å². The standard InChI is InChI=1S/C22H25FN2O5S/c1-2-30-22(27)17-7-9-19(10-8-17)24-21(26)16-11-13-25(14-12-16)31(28,29)15-18-5-3-4-6-20(18)23/h3-10,16H,2,11-15H2,1H3,(H,24,26). The fourth-order valence-corrected chi connectivity index (χ4v) is 5.02. The van der Waals surface area contributed by atoms with Crippen LogP contribution in [0.1, 0.15) is 35.7 Å². The molecule has 0 atom stereocenters. The second-order valence-electron chi connectivity index (χ2n) is 7.31. The molecule has 1 heterocycles. The monoisotopic (exact) mass is 448 g/mol. The number of hydrogen-bond donors (Lipinski definition) is 1. The Balaban J connectivity index is 1.53. The van der Waals surface area contributed by atoms with Crippen molar-refractivity contribution in [1.29, 1.82) is 0 Å². The van der Waals surface area contributed by atoms with Crippen LogP contribution in [0.25, 0.3) is 0 Å². The topological polar surface area (TPSA) is 92.8 Å². The van der Waals surface area contributed by atoms with E-state index in [1.807, 2.05) is 0 Å². The van der Waals surface area contributed by atoms with E-state index in [1.165, 1.54) is 22.5 Å². The average Bonchev–Trinajstić information content (AvgIpc) is 2.76. The maximum atomic E-state index is 13.8. The molecule has 0 aliphatic carbocycles. The first-order valence-electron chi connectivity index (χ1n) is 10.1. The van der Waals surface area contributed by atoms with E-state index in [2.05, 4.69) is 5.32 Å². The molecule has 2 aromatic rings. The summed E-state index contributed by atoms with van der Waals surface area (Å²) in [5.74, 6) is -1.90. The van der Waals surface area contributed by atoms with Gasteiger partial charge in [0.1, 0.15) is 5.82 Å². The number of esters is 1. The molecule has 0 saturated carbocycles. The number of hydrogen-bond acceptors (Lipinski definition) is 5. The summed E-state index contributed by atoms with van der Waals surface area (Å²) in [6.07, 6.45) is 0.756. The third-order valence-electron chi connectivity index (χ3n) is 5.18. The molecule has 7 nitrogen and oxygen atoms in total. The van der Waals surface area contributed by atoms with E-state index >= 15 is 0 Å². The Bertz CT molecular complexity index is 1030. The van der Waals surface area contributed by atoms with Crippen molar-refractivity contribution in [3.63, 3.8) is 0 Å². The quantitative estimate of drug-likeness (QED) is 0.657. The molecule has 1 saturated heterocycles. The Morgan fingerprint density at radius 3 is 2.35 bits per heavy atom. The number of anilines is 1. The molecule has 0 aromatic heterocycles. The Kier molecular flexibility index (Phi) is 7.40. The van der Waals surface area contributed by atoms with Gasteiger partial charge in [0.15, 0.2) is 0 Å². The Hall–Kier alpha value is -2.78. The van der Waals surface area contributed by atoms with E-state index in [4.69, 9.17) is 4.74 Å². The van der Waals surface area contributed by atoms with Crippen LogP contribution >= 0.6 is 0 Å². The van der Waals surface area contributed by atoms with Gasteiger partial charge in [-0.3, -0.25) is 4.79 Å². The van der Waals surface area contributed by atoms with Gasteiger partial charge in [0.25, 0.3) is 0 Å². The molecule has 1 fully saturated rings. The number of sulfonamides is 1. The lowest BCUT2D eigenvalue weighted by Crippen LogP contribution is -2.42. The lowest BCUT2D eigenvalue weighted by molar-refractivity contribution is -0.120. The van der Waals surface area contributed by atoms with Gasteiger partial charge in [-0.25, -0.2) is 21.9 Å². The highest BCUT2D eigenvalue weighted by Gasteiger charge is 2.31. The van der Waals surface area contributed by atoms with Crippen molar-refractivity contribution in [3.05, 3.63) is 65.5 Å². The molecule has 166 valence electrons. The second kappa shape index (κ2) is 10.0. The molecule has 3 rings (SSSR count). The minimum absolute atomic E-state index is 0.133. The van der Waals surface area contributed by atoms with Crippen molar-refractivity contribution < 1.29 is 27.1 Å². The molecule has 9 heteroatoms. The highest BCUT2D eigenvalue weighted by atomic mass is 32.2. The largest absolute Gasteiger partial charge is 0.462 e. The van der Waals surface area contributed by atoms with E-state index in [0.29, 0.717) is 24.1 Å². The van der Waals surface area contributed by atoms with E-state index in [9.17, 15) is 22.4 Å². The van der Waals surface area contributed by atoms with Gasteiger partial charge in [0.2, 0.25) is 15.9 Å². The normalized spacial score (nSPS) is 15.4. The predicted octanol–water partition coefficient (Wildman–Crippen LogP) is 3.18. The van der Waals surface area contributed by atoms with Gasteiger partial charge in [-0.15, -0.1) is 0 Å². The number of nitrogens with one attached hydrogen (secondary N) is 1. The average molecular weight is 449 g/mol. The highest BCUT2D eigenvalue weighted by molar-refractivity contribution is 7.88. The first-order chi connectivity index (χ1) is 14.8. The van der Waals surface area contributed by atoms with Crippen molar-refractivity contribution in [2.45, 2.75) is 25.5 Å². The highest BCUT2D eigenvalue weighted by Crippen LogP contribution is 2.24. The van der Waals surface area contributed by atoms with Crippen molar-refractivity contribution in [2.24, 2.45) is 5.92 Å². The van der Waals surface area contributed by atoms with Gasteiger partial charge in [0, 0.05) is 30.3 Å². The molecule has 0 spiro atoms. The zero-order valence-corrected chi connectivity index (χ0v) is 18.0. The summed E-state index contributed by atoms with van der Waals surface area (Å²) >= 11 is 0. The minimum atomic E-state index is -3.67. The third kappa shape index (κ3) is 5.89. The van der Waals surface area contributed by atoms with Gasteiger partial charge in [0.05, 0.1) is 17.9 Å². The summed E-state index contributed by atoms with van der Waals surface area (Å²) in [6, 6.07) is 12.2. The van der Waals surface area contributed by atoms with Crippen molar-refractivity contribution in [3.8, 4) is 0 Å². The second-order valence-corrected chi connectivity index (χ2v) is 9.28. The molecular formula is C22H25FN2O5S. The third-order valence-corrected chi connectivity index (χ3v) is 7.01. The zero-order valence-electron chi connectivity index (χ0n) is 17.2. The van der Waals surface area contributed by atoms with Crippen LogP contribution in [0.2, 0.25) is 0 Å². The van der Waals surface area contributed by atoms with Crippen LogP contribution < -0.4 is 5.32 Å². The molecular weight excluding hydrogens is 423 g/mol. The van der Waals surface area contributed by atoms with Crippen LogP contribution in [-0.4, -0.2) is 44.3 Å². The van der Waals surface area contributed by atoms with Crippen LogP contribution in [0, 0.1) is 11.7 Å². The molecule has 0 radical (unpaired) electrons. The number of halogens is 1. The number of benzene rings is 2. The van der Waals surface area contributed by atoms with E-state index in [0.717, 1.165) is 0 Å². The van der Waals surface area contributed by atoms with Crippen LogP contribution in [0.15, 0.2) is 48.5 Å². The number of rotatable bonds is 7. The summed E-state index contributed by atoms with van der Waals surface area (Å²) in [5, 5.41) is 2.80. The molecule has 1 aliphatic heterocycles. The number of ether oxygens (including phenoxy) is 1. The number of carbonyl (C=O) groups is 2. The van der Waals surface area contributed by atoms with Gasteiger partial charge in [-0.2, -0.15) is 0 Å². The Morgan fingerprint density at radius 2 is 1.74 bits per heavy atom. The molecule has 0 bridgehead atoms. The summed E-state index contributed by atoms with van der Waals surface area (Å²) in [4.78, 5) is 24.2. The lowest BCUT2D eigenvalue weighted by Gasteiger charge is -2.30. The van der Waals surface area contributed by atoms with Crippen LogP contribution in [0.3, 0.4) is 0 Å². The van der Waals surface area contributed by atoms with Crippen LogP contribution in [0.4, 0.5) is 10.1 Å². The van der Waals surface area contributed by atoms with Gasteiger partial charge >= 0.3 is 5.97 Å². The molecule has 0 unspecified atom stereocenters. The predicted molar refractivity (Wildman–Crippen MR) is 114 cm³/mol. The molecule has 1 N–H and O–H groups in total. The maximum absolute atomic E-state index is 13.8. The van der Waals surface area contributed by atoms with Crippen molar-refractivity contribution in [1.82, 2.24) is 4.31 Å². The number of amides is 1. The SMILES string of the molecule is CCOC(=O)c1ccc(NC(=O)C2CCN(S(=O)(=O)Cc3ccccc3F)CC2)cc1. The molecule has 1 aliphatic rings. The van der Waals surface area contributed by atoms with E-state index in [1.54, 1.807) is 37.3 Å². The van der Waals surface area contributed by atoms with Crippen LogP contribution in [-0.2, 0) is 25.3 Å². The number of nitrogens with zero attached hydrogens (tertiary/aromatic N) is 1. The molecule has 31 heavy (non-hydrogen) atoms. The van der Waals surface area contributed by atoms with Gasteiger partial charge in [-0.05, 0) is 50.1 Å². The molecule has 2 aromatic carbocycles. The van der Waals surface area contributed by atoms with Gasteiger partial charge in [-0.1, -0.05) is 18.2 Å². The Labute approximate surface area is 181 Å². The lowest BCUT2D eigenvalue weighted by atomic mass is 9.97. The van der Waals surface area contributed by atoms with E-state index in [-0.39, 0.29) is 37.1 Å².